The summed E-state index contributed by atoms with van der Waals surface area (Å²) in [7, 11) is 1.49. The number of nitrogens with zero attached hydrogens (tertiary/aromatic N) is 1. The Morgan fingerprint density at radius 2 is 1.62 bits per heavy atom. The van der Waals surface area contributed by atoms with Crippen molar-refractivity contribution in [1.82, 2.24) is 10.2 Å². The second-order valence-corrected chi connectivity index (χ2v) is 8.18. The normalized spacial score (nSPS) is 14.1. The maximum atomic E-state index is 12.4. The predicted molar refractivity (Wildman–Crippen MR) is 121 cm³/mol. The molecule has 1 aliphatic rings. The van der Waals surface area contributed by atoms with Crippen LogP contribution in [0, 0.1) is 0 Å². The molecule has 2 atom stereocenters. The second kappa shape index (κ2) is 10.3. The first-order valence-corrected chi connectivity index (χ1v) is 10.9. The van der Waals surface area contributed by atoms with Crippen LogP contribution in [0.2, 0.25) is 0 Å². The van der Waals surface area contributed by atoms with Crippen LogP contribution in [0.15, 0.2) is 48.5 Å². The van der Waals surface area contributed by atoms with Gasteiger partial charge in [-0.05, 0) is 42.0 Å². The standard InChI is InChI=1S/C25H30N2O5/c1-4-22(24(29)30)27(3)23(28)14-13-16(2)26-25(31)32-15-21-19-11-7-5-9-17(19)18-10-6-8-12-20(18)21/h5-12,16,21-22H,4,13-15H2,1-3H3,(H,26,31)(H,29,30). The maximum absolute atomic E-state index is 12.4. The van der Waals surface area contributed by atoms with Gasteiger partial charge in [-0.15, -0.1) is 0 Å². The van der Waals surface area contributed by atoms with Crippen LogP contribution in [-0.4, -0.2) is 53.7 Å². The molecule has 0 saturated carbocycles. The zero-order chi connectivity index (χ0) is 23.3. The van der Waals surface area contributed by atoms with Crippen LogP contribution in [0.25, 0.3) is 11.1 Å². The SMILES string of the molecule is CCC(C(=O)O)N(C)C(=O)CCC(C)NC(=O)OCC1c2ccccc2-c2ccccc21. The number of carbonyl (C=O) groups excluding carboxylic acids is 2. The molecule has 0 aromatic heterocycles. The van der Waals surface area contributed by atoms with Gasteiger partial charge in [-0.1, -0.05) is 55.5 Å². The molecular weight excluding hydrogens is 408 g/mol. The molecule has 7 nitrogen and oxygen atoms in total. The number of rotatable bonds is 9. The highest BCUT2D eigenvalue weighted by atomic mass is 16.5. The van der Waals surface area contributed by atoms with Crippen LogP contribution in [0.1, 0.15) is 50.2 Å². The number of carbonyl (C=O) groups is 3. The van der Waals surface area contributed by atoms with Gasteiger partial charge in [-0.25, -0.2) is 9.59 Å². The van der Waals surface area contributed by atoms with Gasteiger partial charge in [0.2, 0.25) is 5.91 Å². The molecule has 2 aromatic carbocycles. The monoisotopic (exact) mass is 438 g/mol. The van der Waals surface area contributed by atoms with Crippen molar-refractivity contribution in [2.45, 2.75) is 51.1 Å². The van der Waals surface area contributed by atoms with E-state index in [-0.39, 0.29) is 30.9 Å². The van der Waals surface area contributed by atoms with Gasteiger partial charge in [-0.3, -0.25) is 4.79 Å². The number of likely N-dealkylation sites (N-methyl/N-ethyl adjacent to an activating group) is 1. The van der Waals surface area contributed by atoms with Gasteiger partial charge in [0.1, 0.15) is 12.6 Å². The Morgan fingerprint density at radius 1 is 1.06 bits per heavy atom. The topological polar surface area (TPSA) is 95.9 Å². The molecule has 0 saturated heterocycles. The Balaban J connectivity index is 1.50. The summed E-state index contributed by atoms with van der Waals surface area (Å²) in [5.41, 5.74) is 4.62. The summed E-state index contributed by atoms with van der Waals surface area (Å²) in [6.45, 7) is 3.75. The van der Waals surface area contributed by atoms with Gasteiger partial charge in [0.05, 0.1) is 0 Å². The number of benzene rings is 2. The average molecular weight is 439 g/mol. The molecule has 2 aromatic rings. The van der Waals surface area contributed by atoms with Crippen LogP contribution in [0.5, 0.6) is 0 Å². The Labute approximate surface area is 188 Å². The van der Waals surface area contributed by atoms with Gasteiger partial charge < -0.3 is 20.1 Å². The van der Waals surface area contributed by atoms with Crippen molar-refractivity contribution in [2.24, 2.45) is 0 Å². The van der Waals surface area contributed by atoms with Crippen molar-refractivity contribution in [3.05, 3.63) is 59.7 Å². The molecule has 170 valence electrons. The molecular formula is C25H30N2O5. The molecule has 0 bridgehead atoms. The fraction of sp³-hybridized carbons (Fsp3) is 0.400. The molecule has 2 N–H and O–H groups in total. The summed E-state index contributed by atoms with van der Waals surface area (Å²) in [4.78, 5) is 37.1. The van der Waals surface area contributed by atoms with Crippen LogP contribution < -0.4 is 5.32 Å². The highest BCUT2D eigenvalue weighted by molar-refractivity contribution is 5.83. The first-order valence-electron chi connectivity index (χ1n) is 10.9. The number of ether oxygens (including phenoxy) is 1. The lowest BCUT2D eigenvalue weighted by Crippen LogP contribution is -2.42. The van der Waals surface area contributed by atoms with E-state index < -0.39 is 18.1 Å². The van der Waals surface area contributed by atoms with Crippen molar-refractivity contribution < 1.29 is 24.2 Å². The smallest absolute Gasteiger partial charge is 0.407 e. The van der Waals surface area contributed by atoms with E-state index >= 15 is 0 Å². The maximum Gasteiger partial charge on any atom is 0.407 e. The van der Waals surface area contributed by atoms with Crippen molar-refractivity contribution in [1.29, 1.82) is 0 Å². The molecule has 7 heteroatoms. The van der Waals surface area contributed by atoms with Gasteiger partial charge >= 0.3 is 12.1 Å². The summed E-state index contributed by atoms with van der Waals surface area (Å²) in [5.74, 6) is -1.30. The third-order valence-corrected chi connectivity index (χ3v) is 6.03. The quantitative estimate of drug-likeness (QED) is 0.617. The van der Waals surface area contributed by atoms with Gasteiger partial charge in [0.15, 0.2) is 0 Å². The zero-order valence-corrected chi connectivity index (χ0v) is 18.7. The number of amides is 2. The number of carboxylic acid groups (broad SMARTS) is 1. The van der Waals surface area contributed by atoms with Crippen molar-refractivity contribution in [2.75, 3.05) is 13.7 Å². The molecule has 0 spiro atoms. The second-order valence-electron chi connectivity index (χ2n) is 8.18. The number of nitrogens with one attached hydrogen (secondary N) is 1. The molecule has 0 heterocycles. The lowest BCUT2D eigenvalue weighted by Gasteiger charge is -2.24. The Hall–Kier alpha value is -3.35. The number of fused-ring (bicyclic) bond motifs is 3. The summed E-state index contributed by atoms with van der Waals surface area (Å²) in [6.07, 6.45) is 0.344. The third kappa shape index (κ3) is 5.10. The zero-order valence-electron chi connectivity index (χ0n) is 18.7. The average Bonchev–Trinajstić information content (AvgIpc) is 3.10. The molecule has 2 unspecified atom stereocenters. The van der Waals surface area contributed by atoms with E-state index in [1.54, 1.807) is 13.8 Å². The van der Waals surface area contributed by atoms with E-state index in [4.69, 9.17) is 4.74 Å². The van der Waals surface area contributed by atoms with E-state index in [1.807, 2.05) is 24.3 Å². The van der Waals surface area contributed by atoms with Crippen LogP contribution in [0.4, 0.5) is 4.79 Å². The van der Waals surface area contributed by atoms with Crippen LogP contribution in [-0.2, 0) is 14.3 Å². The Bertz CT molecular complexity index is 944. The summed E-state index contributed by atoms with van der Waals surface area (Å²) < 4.78 is 5.53. The summed E-state index contributed by atoms with van der Waals surface area (Å²) in [5, 5.41) is 12.0. The summed E-state index contributed by atoms with van der Waals surface area (Å²) >= 11 is 0. The van der Waals surface area contributed by atoms with E-state index in [0.29, 0.717) is 12.8 Å². The number of hydrogen-bond donors (Lipinski definition) is 2. The molecule has 32 heavy (non-hydrogen) atoms. The van der Waals surface area contributed by atoms with E-state index in [2.05, 4.69) is 29.6 Å². The lowest BCUT2D eigenvalue weighted by atomic mass is 9.98. The van der Waals surface area contributed by atoms with Crippen LogP contribution >= 0.6 is 0 Å². The van der Waals surface area contributed by atoms with E-state index in [0.717, 1.165) is 11.1 Å². The largest absolute Gasteiger partial charge is 0.480 e. The minimum absolute atomic E-state index is 0.0133. The minimum Gasteiger partial charge on any atom is -0.480 e. The highest BCUT2D eigenvalue weighted by Crippen LogP contribution is 2.44. The number of aliphatic carboxylic acids is 1. The molecule has 0 fully saturated rings. The first-order chi connectivity index (χ1) is 15.3. The molecule has 3 rings (SSSR count). The molecule has 0 radical (unpaired) electrons. The molecule has 0 aliphatic heterocycles. The fourth-order valence-electron chi connectivity index (χ4n) is 4.22. The number of carboxylic acids is 1. The molecule has 2 amide bonds. The number of alkyl carbamates (subject to hydrolysis) is 1. The van der Waals surface area contributed by atoms with E-state index in [1.165, 1.54) is 23.1 Å². The van der Waals surface area contributed by atoms with Crippen molar-refractivity contribution >= 4 is 18.0 Å². The highest BCUT2D eigenvalue weighted by Gasteiger charge is 2.29. The molecule has 1 aliphatic carbocycles. The number of hydrogen-bond acceptors (Lipinski definition) is 4. The van der Waals surface area contributed by atoms with Gasteiger partial charge in [0, 0.05) is 25.4 Å². The van der Waals surface area contributed by atoms with Gasteiger partial charge in [0.25, 0.3) is 0 Å². The van der Waals surface area contributed by atoms with E-state index in [9.17, 15) is 19.5 Å². The third-order valence-electron chi connectivity index (χ3n) is 6.03. The minimum atomic E-state index is -1.02. The van der Waals surface area contributed by atoms with Crippen LogP contribution in [0.3, 0.4) is 0 Å². The first kappa shape index (κ1) is 23.3. The van der Waals surface area contributed by atoms with Crippen molar-refractivity contribution in [3.8, 4) is 11.1 Å². The lowest BCUT2D eigenvalue weighted by molar-refractivity contribution is -0.149. The Kier molecular flexibility index (Phi) is 7.51. The Morgan fingerprint density at radius 3 is 2.16 bits per heavy atom. The van der Waals surface area contributed by atoms with Gasteiger partial charge in [-0.2, -0.15) is 0 Å². The summed E-state index contributed by atoms with van der Waals surface area (Å²) in [6, 6.07) is 15.1. The van der Waals surface area contributed by atoms with Crippen molar-refractivity contribution in [3.63, 3.8) is 0 Å². The predicted octanol–water partition coefficient (Wildman–Crippen LogP) is 4.02. The fourth-order valence-corrected chi connectivity index (χ4v) is 4.22.